The Morgan fingerprint density at radius 2 is 2.28 bits per heavy atom. The Labute approximate surface area is 108 Å². The van der Waals surface area contributed by atoms with Crippen LogP contribution in [0.15, 0.2) is 18.2 Å². The first-order chi connectivity index (χ1) is 8.55. The van der Waals surface area contributed by atoms with Crippen LogP contribution in [-0.2, 0) is 11.2 Å². The first-order valence-electron chi connectivity index (χ1n) is 6.32. The van der Waals surface area contributed by atoms with Crippen molar-refractivity contribution in [1.82, 2.24) is 5.43 Å². The number of rotatable bonds is 5. The van der Waals surface area contributed by atoms with E-state index in [1.54, 1.807) is 7.11 Å². The molecule has 18 heavy (non-hydrogen) atoms. The van der Waals surface area contributed by atoms with Gasteiger partial charge in [0.15, 0.2) is 0 Å². The average molecular weight is 250 g/mol. The quantitative estimate of drug-likeness (QED) is 0.619. The molecule has 0 amide bonds. The van der Waals surface area contributed by atoms with E-state index in [0.29, 0.717) is 0 Å². The van der Waals surface area contributed by atoms with Crippen LogP contribution in [0.25, 0.3) is 0 Å². The van der Waals surface area contributed by atoms with Gasteiger partial charge < -0.3 is 9.47 Å². The lowest BCUT2D eigenvalue weighted by Crippen LogP contribution is -2.35. The van der Waals surface area contributed by atoms with E-state index >= 15 is 0 Å². The van der Waals surface area contributed by atoms with Gasteiger partial charge in [-0.3, -0.25) is 11.3 Å². The van der Waals surface area contributed by atoms with Crippen LogP contribution in [0.4, 0.5) is 0 Å². The molecule has 0 radical (unpaired) electrons. The van der Waals surface area contributed by atoms with Gasteiger partial charge in [-0.25, -0.2) is 0 Å². The molecule has 4 nitrogen and oxygen atoms in total. The normalized spacial score (nSPS) is 16.2. The molecule has 0 saturated carbocycles. The van der Waals surface area contributed by atoms with E-state index in [1.807, 2.05) is 6.07 Å². The van der Waals surface area contributed by atoms with Crippen molar-refractivity contribution in [2.24, 2.45) is 5.84 Å². The zero-order valence-electron chi connectivity index (χ0n) is 11.3. The third kappa shape index (κ3) is 2.83. The Morgan fingerprint density at radius 1 is 1.50 bits per heavy atom. The van der Waals surface area contributed by atoms with E-state index in [9.17, 15) is 0 Å². The van der Waals surface area contributed by atoms with Crippen molar-refractivity contribution in [3.05, 3.63) is 29.3 Å². The van der Waals surface area contributed by atoms with Crippen LogP contribution >= 0.6 is 0 Å². The summed E-state index contributed by atoms with van der Waals surface area (Å²) >= 11 is 0. The predicted molar refractivity (Wildman–Crippen MR) is 71.4 cm³/mol. The lowest BCUT2D eigenvalue weighted by atomic mass is 9.93. The molecule has 100 valence electrons. The molecule has 0 spiro atoms. The number of methoxy groups -OCH3 is 1. The van der Waals surface area contributed by atoms with Gasteiger partial charge in [-0.2, -0.15) is 0 Å². The largest absolute Gasteiger partial charge is 0.493 e. The molecule has 3 N–H and O–H groups in total. The summed E-state index contributed by atoms with van der Waals surface area (Å²) in [4.78, 5) is 0. The van der Waals surface area contributed by atoms with Crippen LogP contribution < -0.4 is 16.0 Å². The first kappa shape index (κ1) is 13.3. The zero-order chi connectivity index (χ0) is 13.2. The van der Waals surface area contributed by atoms with Gasteiger partial charge in [0.1, 0.15) is 5.75 Å². The van der Waals surface area contributed by atoms with E-state index in [1.165, 1.54) is 11.1 Å². The molecule has 0 saturated heterocycles. The van der Waals surface area contributed by atoms with Gasteiger partial charge in [0.25, 0.3) is 0 Å². The second-order valence-corrected chi connectivity index (χ2v) is 5.35. The molecule has 0 aliphatic carbocycles. The Hall–Kier alpha value is -1.10. The van der Waals surface area contributed by atoms with Crippen molar-refractivity contribution < 1.29 is 9.47 Å². The molecule has 1 aromatic carbocycles. The van der Waals surface area contributed by atoms with Crippen LogP contribution in [0.5, 0.6) is 5.75 Å². The minimum absolute atomic E-state index is 0.0887. The number of fused-ring (bicyclic) bond motifs is 1. The van der Waals surface area contributed by atoms with Crippen LogP contribution in [0, 0.1) is 0 Å². The van der Waals surface area contributed by atoms with Crippen LogP contribution in [0.3, 0.4) is 0 Å². The molecule has 1 heterocycles. The van der Waals surface area contributed by atoms with Gasteiger partial charge in [-0.1, -0.05) is 12.1 Å². The van der Waals surface area contributed by atoms with Gasteiger partial charge in [0, 0.05) is 19.6 Å². The summed E-state index contributed by atoms with van der Waals surface area (Å²) in [5.74, 6) is 6.68. The number of benzene rings is 1. The number of hydrogen-bond acceptors (Lipinski definition) is 4. The lowest BCUT2D eigenvalue weighted by molar-refractivity contribution is 0.00681. The number of nitrogens with two attached hydrogens (primary N) is 1. The van der Waals surface area contributed by atoms with Crippen LogP contribution in [0.2, 0.25) is 0 Å². The van der Waals surface area contributed by atoms with Crippen LogP contribution in [-0.4, -0.2) is 19.3 Å². The monoisotopic (exact) mass is 250 g/mol. The van der Waals surface area contributed by atoms with Gasteiger partial charge in [-0.05, 0) is 37.5 Å². The van der Waals surface area contributed by atoms with Crippen molar-refractivity contribution in [3.8, 4) is 5.75 Å². The fourth-order valence-corrected chi connectivity index (χ4v) is 2.27. The SMILES string of the molecule is COC(C)(C)CC(NN)c1ccc2c(c1)CCO2. The second-order valence-electron chi connectivity index (χ2n) is 5.35. The highest BCUT2D eigenvalue weighted by molar-refractivity contribution is 5.40. The summed E-state index contributed by atoms with van der Waals surface area (Å²) in [7, 11) is 1.73. The highest BCUT2D eigenvalue weighted by Gasteiger charge is 2.24. The number of ether oxygens (including phenoxy) is 2. The van der Waals surface area contributed by atoms with E-state index in [-0.39, 0.29) is 11.6 Å². The summed E-state index contributed by atoms with van der Waals surface area (Å²) in [6, 6.07) is 6.37. The maximum Gasteiger partial charge on any atom is 0.122 e. The molecular formula is C14H22N2O2. The minimum atomic E-state index is -0.202. The molecule has 0 bridgehead atoms. The van der Waals surface area contributed by atoms with Crippen LogP contribution in [0.1, 0.15) is 37.4 Å². The van der Waals surface area contributed by atoms with Crippen molar-refractivity contribution in [1.29, 1.82) is 0 Å². The summed E-state index contributed by atoms with van der Waals surface area (Å²) in [5.41, 5.74) is 5.13. The standard InChI is InChI=1S/C14H22N2O2/c1-14(2,17-3)9-12(16-15)10-4-5-13-11(8-10)6-7-18-13/h4-5,8,12,16H,6-7,9,15H2,1-3H3. The predicted octanol–water partition coefficient (Wildman–Crippen LogP) is 1.94. The number of hydrazine groups is 1. The van der Waals surface area contributed by atoms with Gasteiger partial charge in [0.05, 0.1) is 12.2 Å². The molecule has 0 fully saturated rings. The maximum absolute atomic E-state index is 5.68. The maximum atomic E-state index is 5.68. The molecule has 1 aliphatic rings. The number of hydrogen-bond donors (Lipinski definition) is 2. The highest BCUT2D eigenvalue weighted by Crippen LogP contribution is 2.31. The Morgan fingerprint density at radius 3 is 2.94 bits per heavy atom. The third-order valence-electron chi connectivity index (χ3n) is 3.57. The first-order valence-corrected chi connectivity index (χ1v) is 6.32. The van der Waals surface area contributed by atoms with Gasteiger partial charge >= 0.3 is 0 Å². The fraction of sp³-hybridized carbons (Fsp3) is 0.571. The summed E-state index contributed by atoms with van der Waals surface area (Å²) < 4.78 is 11.0. The van der Waals surface area contributed by atoms with Gasteiger partial charge in [0.2, 0.25) is 0 Å². The topological polar surface area (TPSA) is 56.5 Å². The molecule has 2 rings (SSSR count). The molecule has 1 aromatic rings. The zero-order valence-corrected chi connectivity index (χ0v) is 11.3. The van der Waals surface area contributed by atoms with Gasteiger partial charge in [-0.15, -0.1) is 0 Å². The molecule has 0 aromatic heterocycles. The Bertz CT molecular complexity index is 418. The summed E-state index contributed by atoms with van der Waals surface area (Å²) in [6.07, 6.45) is 1.80. The fourth-order valence-electron chi connectivity index (χ4n) is 2.27. The molecular weight excluding hydrogens is 228 g/mol. The van der Waals surface area contributed by atoms with Crippen molar-refractivity contribution in [2.45, 2.75) is 38.3 Å². The molecule has 1 aliphatic heterocycles. The molecule has 1 unspecified atom stereocenters. The Balaban J connectivity index is 2.17. The smallest absolute Gasteiger partial charge is 0.122 e. The highest BCUT2D eigenvalue weighted by atomic mass is 16.5. The van der Waals surface area contributed by atoms with Crippen molar-refractivity contribution >= 4 is 0 Å². The minimum Gasteiger partial charge on any atom is -0.493 e. The lowest BCUT2D eigenvalue weighted by Gasteiger charge is -2.28. The molecule has 1 atom stereocenters. The second kappa shape index (κ2) is 5.26. The summed E-state index contributed by atoms with van der Waals surface area (Å²) in [6.45, 7) is 4.91. The van der Waals surface area contributed by atoms with E-state index in [0.717, 1.165) is 25.2 Å². The third-order valence-corrected chi connectivity index (χ3v) is 3.57. The summed E-state index contributed by atoms with van der Waals surface area (Å²) in [5, 5.41) is 0. The van der Waals surface area contributed by atoms with E-state index in [4.69, 9.17) is 15.3 Å². The van der Waals surface area contributed by atoms with E-state index in [2.05, 4.69) is 31.4 Å². The molecule has 4 heteroatoms. The average Bonchev–Trinajstić information content (AvgIpc) is 2.83. The van der Waals surface area contributed by atoms with Crippen molar-refractivity contribution in [2.75, 3.05) is 13.7 Å². The van der Waals surface area contributed by atoms with Crippen molar-refractivity contribution in [3.63, 3.8) is 0 Å². The van der Waals surface area contributed by atoms with E-state index < -0.39 is 0 Å². The number of nitrogens with one attached hydrogen (secondary N) is 1. The Kier molecular flexibility index (Phi) is 3.90.